The molecule has 5 nitrogen and oxygen atoms in total. The average molecular weight is 370 g/mol. The predicted molar refractivity (Wildman–Crippen MR) is 104 cm³/mol. The van der Waals surface area contributed by atoms with Gasteiger partial charge >= 0.3 is 5.97 Å². The molecule has 0 radical (unpaired) electrons. The van der Waals surface area contributed by atoms with E-state index >= 15 is 0 Å². The summed E-state index contributed by atoms with van der Waals surface area (Å²) in [6.45, 7) is 7.45. The van der Waals surface area contributed by atoms with Gasteiger partial charge in [0.25, 0.3) is 0 Å². The van der Waals surface area contributed by atoms with Crippen LogP contribution in [-0.2, 0) is 16.0 Å². The van der Waals surface area contributed by atoms with Crippen molar-refractivity contribution in [2.75, 3.05) is 14.2 Å². The maximum atomic E-state index is 12.7. The topological polar surface area (TPSA) is 61.8 Å². The number of aryl methyl sites for hydroxylation is 3. The Balaban J connectivity index is 2.07. The highest BCUT2D eigenvalue weighted by Gasteiger charge is 2.22. The van der Waals surface area contributed by atoms with Gasteiger partial charge in [-0.3, -0.25) is 9.59 Å². The summed E-state index contributed by atoms with van der Waals surface area (Å²) in [7, 11) is 3.08. The zero-order chi connectivity index (χ0) is 20.1. The lowest BCUT2D eigenvalue weighted by Crippen LogP contribution is -2.26. The lowest BCUT2D eigenvalue weighted by molar-refractivity contribution is -0.145. The van der Waals surface area contributed by atoms with Gasteiger partial charge in [-0.05, 0) is 68.1 Å². The molecule has 0 saturated carbocycles. The van der Waals surface area contributed by atoms with Crippen LogP contribution in [0.3, 0.4) is 0 Å². The van der Waals surface area contributed by atoms with Crippen LogP contribution in [0.5, 0.6) is 11.5 Å². The summed E-state index contributed by atoms with van der Waals surface area (Å²) in [5.41, 5.74) is 4.35. The van der Waals surface area contributed by atoms with E-state index in [1.807, 2.05) is 32.9 Å². The molecule has 1 atom stereocenters. The normalized spacial score (nSPS) is 11.6. The summed E-state index contributed by atoms with van der Waals surface area (Å²) in [5.74, 6) is 0.460. The van der Waals surface area contributed by atoms with Crippen LogP contribution in [0.25, 0.3) is 0 Å². The lowest BCUT2D eigenvalue weighted by atomic mass is 9.96. The lowest BCUT2D eigenvalue weighted by Gasteiger charge is -2.15. The van der Waals surface area contributed by atoms with Crippen LogP contribution in [-0.4, -0.2) is 32.1 Å². The van der Waals surface area contributed by atoms with Crippen molar-refractivity contribution in [3.8, 4) is 11.5 Å². The number of rotatable bonds is 7. The first-order valence-electron chi connectivity index (χ1n) is 8.79. The predicted octanol–water partition coefficient (Wildman–Crippen LogP) is 3.99. The number of hydrogen-bond acceptors (Lipinski definition) is 5. The Bertz CT molecular complexity index is 854. The summed E-state index contributed by atoms with van der Waals surface area (Å²) in [6.07, 6.45) is -0.803. The SMILES string of the molecule is COc1ccc(CC(=O)O[C@@H](C)C(=O)c2cc(C)c(C)cc2C)cc1OC. The number of Topliss-reactive ketones (excluding diaryl/α,β-unsaturated/α-hetero) is 1. The van der Waals surface area contributed by atoms with Crippen LogP contribution in [0, 0.1) is 20.8 Å². The number of esters is 1. The van der Waals surface area contributed by atoms with Crippen LogP contribution < -0.4 is 9.47 Å². The highest BCUT2D eigenvalue weighted by atomic mass is 16.5. The van der Waals surface area contributed by atoms with E-state index in [4.69, 9.17) is 14.2 Å². The molecule has 2 aromatic carbocycles. The number of carbonyl (C=O) groups is 2. The summed E-state index contributed by atoms with van der Waals surface area (Å²) in [5, 5.41) is 0. The van der Waals surface area contributed by atoms with Crippen molar-refractivity contribution in [2.24, 2.45) is 0 Å². The molecule has 0 aliphatic rings. The van der Waals surface area contributed by atoms with E-state index in [0.29, 0.717) is 17.1 Å². The number of carbonyl (C=O) groups excluding carboxylic acids is 2. The maximum Gasteiger partial charge on any atom is 0.310 e. The van der Waals surface area contributed by atoms with Crippen molar-refractivity contribution in [1.82, 2.24) is 0 Å². The number of methoxy groups -OCH3 is 2. The number of hydrogen-bond donors (Lipinski definition) is 0. The molecular weight excluding hydrogens is 344 g/mol. The molecule has 0 aliphatic heterocycles. The van der Waals surface area contributed by atoms with Crippen molar-refractivity contribution >= 4 is 11.8 Å². The second-order valence-electron chi connectivity index (χ2n) is 6.61. The molecule has 0 N–H and O–H groups in total. The molecule has 0 heterocycles. The molecule has 0 unspecified atom stereocenters. The van der Waals surface area contributed by atoms with E-state index in [1.165, 1.54) is 7.11 Å². The average Bonchev–Trinajstić information content (AvgIpc) is 2.63. The van der Waals surface area contributed by atoms with Gasteiger partial charge in [0.2, 0.25) is 5.78 Å². The van der Waals surface area contributed by atoms with Crippen LogP contribution in [0.1, 0.15) is 39.5 Å². The Morgan fingerprint density at radius 2 is 1.52 bits per heavy atom. The fourth-order valence-electron chi connectivity index (χ4n) is 2.89. The fourth-order valence-corrected chi connectivity index (χ4v) is 2.89. The molecule has 0 saturated heterocycles. The molecular formula is C22H26O5. The largest absolute Gasteiger partial charge is 0.493 e. The van der Waals surface area contributed by atoms with Crippen molar-refractivity contribution in [1.29, 1.82) is 0 Å². The first-order chi connectivity index (χ1) is 12.8. The standard InChI is InChI=1S/C22H26O5/c1-13-9-15(3)18(10-14(13)2)22(24)16(4)27-21(23)12-17-7-8-19(25-5)20(11-17)26-6/h7-11,16H,12H2,1-6H3/t16-/m0/s1. The van der Waals surface area contributed by atoms with E-state index in [0.717, 1.165) is 22.3 Å². The smallest absolute Gasteiger partial charge is 0.310 e. The van der Waals surface area contributed by atoms with Crippen molar-refractivity contribution in [3.05, 3.63) is 58.1 Å². The Morgan fingerprint density at radius 3 is 2.15 bits per heavy atom. The van der Waals surface area contributed by atoms with E-state index in [-0.39, 0.29) is 12.2 Å². The molecule has 0 aromatic heterocycles. The second-order valence-corrected chi connectivity index (χ2v) is 6.61. The molecule has 27 heavy (non-hydrogen) atoms. The third-order valence-corrected chi connectivity index (χ3v) is 4.58. The molecule has 5 heteroatoms. The minimum absolute atomic E-state index is 0.0455. The monoisotopic (exact) mass is 370 g/mol. The van der Waals surface area contributed by atoms with Gasteiger partial charge in [0.15, 0.2) is 17.6 Å². The molecule has 0 amide bonds. The summed E-state index contributed by atoms with van der Waals surface area (Å²) < 4.78 is 15.8. The number of ketones is 1. The fraction of sp³-hybridized carbons (Fsp3) is 0.364. The molecule has 2 aromatic rings. The molecule has 2 rings (SSSR count). The number of benzene rings is 2. The van der Waals surface area contributed by atoms with Gasteiger partial charge in [-0.1, -0.05) is 12.1 Å². The number of ether oxygens (including phenoxy) is 3. The summed E-state index contributed by atoms with van der Waals surface area (Å²) >= 11 is 0. The van der Waals surface area contributed by atoms with Crippen molar-refractivity contribution in [2.45, 2.75) is 40.2 Å². The Morgan fingerprint density at radius 1 is 0.889 bits per heavy atom. The Labute approximate surface area is 160 Å². The maximum absolute atomic E-state index is 12.7. The second kappa shape index (κ2) is 8.71. The Hall–Kier alpha value is -2.82. The quantitative estimate of drug-likeness (QED) is 0.545. The summed E-state index contributed by atoms with van der Waals surface area (Å²) in [6, 6.07) is 9.05. The van der Waals surface area contributed by atoms with Gasteiger partial charge < -0.3 is 14.2 Å². The van der Waals surface area contributed by atoms with Crippen LogP contribution in [0.4, 0.5) is 0 Å². The van der Waals surface area contributed by atoms with Crippen molar-refractivity contribution < 1.29 is 23.8 Å². The first kappa shape index (κ1) is 20.5. The van der Waals surface area contributed by atoms with Gasteiger partial charge in [0.1, 0.15) is 0 Å². The van der Waals surface area contributed by atoms with Crippen LogP contribution in [0.2, 0.25) is 0 Å². The highest BCUT2D eigenvalue weighted by Crippen LogP contribution is 2.28. The third-order valence-electron chi connectivity index (χ3n) is 4.58. The zero-order valence-electron chi connectivity index (χ0n) is 16.7. The molecule has 0 bridgehead atoms. The van der Waals surface area contributed by atoms with Gasteiger partial charge in [-0.25, -0.2) is 0 Å². The molecule has 144 valence electrons. The van der Waals surface area contributed by atoms with Crippen molar-refractivity contribution in [3.63, 3.8) is 0 Å². The van der Waals surface area contributed by atoms with E-state index < -0.39 is 12.1 Å². The van der Waals surface area contributed by atoms with Gasteiger partial charge in [-0.15, -0.1) is 0 Å². The van der Waals surface area contributed by atoms with Crippen LogP contribution in [0.15, 0.2) is 30.3 Å². The molecule has 0 aliphatic carbocycles. The zero-order valence-corrected chi connectivity index (χ0v) is 16.7. The first-order valence-corrected chi connectivity index (χ1v) is 8.79. The molecule has 0 fully saturated rings. The van der Waals surface area contributed by atoms with Crippen LogP contribution >= 0.6 is 0 Å². The third kappa shape index (κ3) is 4.88. The highest BCUT2D eigenvalue weighted by molar-refractivity contribution is 6.01. The van der Waals surface area contributed by atoms with E-state index in [9.17, 15) is 9.59 Å². The minimum Gasteiger partial charge on any atom is -0.493 e. The molecule has 0 spiro atoms. The summed E-state index contributed by atoms with van der Waals surface area (Å²) in [4.78, 5) is 25.0. The van der Waals surface area contributed by atoms with Gasteiger partial charge in [0.05, 0.1) is 20.6 Å². The van der Waals surface area contributed by atoms with Gasteiger partial charge in [-0.2, -0.15) is 0 Å². The van der Waals surface area contributed by atoms with Gasteiger partial charge in [0, 0.05) is 5.56 Å². The van der Waals surface area contributed by atoms with E-state index in [1.54, 1.807) is 32.2 Å². The van der Waals surface area contributed by atoms with E-state index in [2.05, 4.69) is 0 Å². The minimum atomic E-state index is -0.849. The Kier molecular flexibility index (Phi) is 6.61.